The van der Waals surface area contributed by atoms with Crippen molar-refractivity contribution in [3.63, 3.8) is 0 Å². The van der Waals surface area contributed by atoms with E-state index >= 15 is 0 Å². The maximum Gasteiger partial charge on any atom is 0.246 e. The summed E-state index contributed by atoms with van der Waals surface area (Å²) in [6, 6.07) is 3.60. The molecule has 1 amide bonds. The van der Waals surface area contributed by atoms with E-state index in [2.05, 4.69) is 36.3 Å². The number of hydrogen-bond acceptors (Lipinski definition) is 3. The summed E-state index contributed by atoms with van der Waals surface area (Å²) >= 11 is 6.42. The molecule has 1 heterocycles. The summed E-state index contributed by atoms with van der Waals surface area (Å²) in [6.07, 6.45) is 0.988. The SMILES string of the molecule is CCCNC1C(=O)Nc2cc(N(C)CC(C)C)c(Cl)cc21. The Morgan fingerprint density at radius 2 is 2.14 bits per heavy atom. The molecule has 0 fully saturated rings. The number of nitrogens with zero attached hydrogens (tertiary/aromatic N) is 1. The molecule has 0 aromatic heterocycles. The Hall–Kier alpha value is -1.26. The van der Waals surface area contributed by atoms with Gasteiger partial charge in [-0.1, -0.05) is 32.4 Å². The minimum atomic E-state index is -0.290. The Balaban J connectivity index is 2.28. The molecule has 1 aromatic carbocycles. The molecule has 2 N–H and O–H groups in total. The zero-order chi connectivity index (χ0) is 15.6. The first-order chi connectivity index (χ1) is 9.93. The average Bonchev–Trinajstić information content (AvgIpc) is 2.69. The highest BCUT2D eigenvalue weighted by molar-refractivity contribution is 6.33. The van der Waals surface area contributed by atoms with Crippen LogP contribution in [0.4, 0.5) is 11.4 Å². The van der Waals surface area contributed by atoms with Crippen LogP contribution in [0.25, 0.3) is 0 Å². The van der Waals surface area contributed by atoms with Gasteiger partial charge < -0.3 is 15.5 Å². The molecule has 0 bridgehead atoms. The van der Waals surface area contributed by atoms with Crippen LogP contribution >= 0.6 is 11.6 Å². The van der Waals surface area contributed by atoms with Gasteiger partial charge in [0.25, 0.3) is 0 Å². The van der Waals surface area contributed by atoms with Crippen LogP contribution < -0.4 is 15.5 Å². The lowest BCUT2D eigenvalue weighted by molar-refractivity contribution is -0.117. The van der Waals surface area contributed by atoms with E-state index in [1.54, 1.807) is 0 Å². The van der Waals surface area contributed by atoms with Crippen LogP contribution in [0, 0.1) is 5.92 Å². The first kappa shape index (κ1) is 16.1. The van der Waals surface area contributed by atoms with E-state index in [9.17, 15) is 4.79 Å². The Morgan fingerprint density at radius 3 is 2.76 bits per heavy atom. The summed E-state index contributed by atoms with van der Waals surface area (Å²) in [7, 11) is 2.02. The predicted molar refractivity (Wildman–Crippen MR) is 89.2 cm³/mol. The van der Waals surface area contributed by atoms with E-state index in [-0.39, 0.29) is 11.9 Å². The van der Waals surface area contributed by atoms with Crippen LogP contribution in [-0.2, 0) is 4.79 Å². The molecule has 116 valence electrons. The normalized spacial score (nSPS) is 17.0. The predicted octanol–water partition coefficient (Wildman–Crippen LogP) is 3.43. The summed E-state index contributed by atoms with van der Waals surface area (Å²) in [6.45, 7) is 8.15. The number of amides is 1. The van der Waals surface area contributed by atoms with Crippen molar-refractivity contribution in [1.29, 1.82) is 0 Å². The van der Waals surface area contributed by atoms with Crippen molar-refractivity contribution < 1.29 is 4.79 Å². The fraction of sp³-hybridized carbons (Fsp3) is 0.562. The van der Waals surface area contributed by atoms with Crippen LogP contribution in [0.3, 0.4) is 0 Å². The number of carbonyl (C=O) groups excluding carboxylic acids is 1. The molecule has 4 nitrogen and oxygen atoms in total. The van der Waals surface area contributed by atoms with Gasteiger partial charge in [-0.15, -0.1) is 0 Å². The van der Waals surface area contributed by atoms with Crippen molar-refractivity contribution in [2.75, 3.05) is 30.4 Å². The highest BCUT2D eigenvalue weighted by atomic mass is 35.5. The summed E-state index contributed by atoms with van der Waals surface area (Å²) in [4.78, 5) is 14.2. The van der Waals surface area contributed by atoms with E-state index in [0.717, 1.165) is 36.4 Å². The molecule has 0 aliphatic carbocycles. The molecule has 0 radical (unpaired) electrons. The van der Waals surface area contributed by atoms with Crippen LogP contribution in [0.1, 0.15) is 38.8 Å². The lowest BCUT2D eigenvalue weighted by Crippen LogP contribution is -2.28. The van der Waals surface area contributed by atoms with Crippen molar-refractivity contribution in [2.45, 2.75) is 33.2 Å². The largest absolute Gasteiger partial charge is 0.373 e. The van der Waals surface area contributed by atoms with Gasteiger partial charge in [-0.2, -0.15) is 0 Å². The molecule has 5 heteroatoms. The standard InChI is InChI=1S/C16H24ClN3O/c1-5-6-18-15-11-7-12(17)14(20(4)9-10(2)3)8-13(11)19-16(15)21/h7-8,10,15,18H,5-6,9H2,1-4H3,(H,19,21). The van der Waals surface area contributed by atoms with Crippen molar-refractivity contribution in [1.82, 2.24) is 5.32 Å². The molecule has 2 rings (SSSR count). The molecule has 1 atom stereocenters. The third kappa shape index (κ3) is 3.50. The number of rotatable bonds is 6. The third-order valence-corrected chi connectivity index (χ3v) is 3.90. The Kier molecular flexibility index (Phi) is 5.12. The summed E-state index contributed by atoms with van der Waals surface area (Å²) in [5.74, 6) is 0.547. The third-order valence-electron chi connectivity index (χ3n) is 3.60. The minimum Gasteiger partial charge on any atom is -0.373 e. The van der Waals surface area contributed by atoms with Gasteiger partial charge in [0, 0.05) is 24.8 Å². The van der Waals surface area contributed by atoms with Gasteiger partial charge in [-0.05, 0) is 31.0 Å². The van der Waals surface area contributed by atoms with Gasteiger partial charge >= 0.3 is 0 Å². The number of anilines is 2. The Labute approximate surface area is 131 Å². The first-order valence-electron chi connectivity index (χ1n) is 7.52. The summed E-state index contributed by atoms with van der Waals surface area (Å²) in [5, 5.41) is 6.90. The number of carbonyl (C=O) groups is 1. The van der Waals surface area contributed by atoms with E-state index in [0.29, 0.717) is 10.9 Å². The quantitative estimate of drug-likeness (QED) is 0.846. The monoisotopic (exact) mass is 309 g/mol. The maximum atomic E-state index is 12.1. The Morgan fingerprint density at radius 1 is 1.43 bits per heavy atom. The number of benzene rings is 1. The van der Waals surface area contributed by atoms with Gasteiger partial charge in [-0.3, -0.25) is 4.79 Å². The van der Waals surface area contributed by atoms with Crippen LogP contribution in [0.5, 0.6) is 0 Å². The molecule has 1 aliphatic rings. The average molecular weight is 310 g/mol. The fourth-order valence-corrected chi connectivity index (χ4v) is 3.02. The highest BCUT2D eigenvalue weighted by Crippen LogP contribution is 2.38. The zero-order valence-corrected chi connectivity index (χ0v) is 13.9. The molecule has 0 saturated carbocycles. The van der Waals surface area contributed by atoms with Gasteiger partial charge in [-0.25, -0.2) is 0 Å². The van der Waals surface area contributed by atoms with Gasteiger partial charge in [0.15, 0.2) is 0 Å². The van der Waals surface area contributed by atoms with Gasteiger partial charge in [0.05, 0.1) is 10.7 Å². The zero-order valence-electron chi connectivity index (χ0n) is 13.2. The molecule has 0 saturated heterocycles. The summed E-state index contributed by atoms with van der Waals surface area (Å²) in [5.41, 5.74) is 2.77. The van der Waals surface area contributed by atoms with Crippen LogP contribution in [0.2, 0.25) is 5.02 Å². The second-order valence-corrected chi connectivity index (χ2v) is 6.45. The Bertz CT molecular complexity index is 530. The second kappa shape index (κ2) is 6.67. The molecule has 1 unspecified atom stereocenters. The first-order valence-corrected chi connectivity index (χ1v) is 7.90. The van der Waals surface area contributed by atoms with Gasteiger partial charge in [0.1, 0.15) is 6.04 Å². The molecular weight excluding hydrogens is 286 g/mol. The summed E-state index contributed by atoms with van der Waals surface area (Å²) < 4.78 is 0. The van der Waals surface area contributed by atoms with Gasteiger partial charge in [0.2, 0.25) is 5.91 Å². The van der Waals surface area contributed by atoms with Crippen molar-refractivity contribution in [3.05, 3.63) is 22.7 Å². The molecule has 1 aromatic rings. The lowest BCUT2D eigenvalue weighted by atomic mass is 10.1. The fourth-order valence-electron chi connectivity index (χ4n) is 2.70. The van der Waals surface area contributed by atoms with E-state index in [1.165, 1.54) is 0 Å². The number of hydrogen-bond donors (Lipinski definition) is 2. The molecule has 0 spiro atoms. The van der Waals surface area contributed by atoms with Crippen LogP contribution in [-0.4, -0.2) is 26.0 Å². The van der Waals surface area contributed by atoms with Crippen molar-refractivity contribution in [3.8, 4) is 0 Å². The minimum absolute atomic E-state index is 0.00169. The maximum absolute atomic E-state index is 12.1. The highest BCUT2D eigenvalue weighted by Gasteiger charge is 2.31. The second-order valence-electron chi connectivity index (χ2n) is 6.04. The number of nitrogens with one attached hydrogen (secondary N) is 2. The van der Waals surface area contributed by atoms with Crippen molar-refractivity contribution >= 4 is 28.9 Å². The van der Waals surface area contributed by atoms with E-state index in [4.69, 9.17) is 11.6 Å². The molecular formula is C16H24ClN3O. The number of fused-ring (bicyclic) bond motifs is 1. The lowest BCUT2D eigenvalue weighted by Gasteiger charge is -2.23. The molecule has 21 heavy (non-hydrogen) atoms. The molecule has 1 aliphatic heterocycles. The topological polar surface area (TPSA) is 44.4 Å². The van der Waals surface area contributed by atoms with Crippen LogP contribution in [0.15, 0.2) is 12.1 Å². The van der Waals surface area contributed by atoms with E-state index in [1.807, 2.05) is 19.2 Å². The number of halogens is 1. The van der Waals surface area contributed by atoms with Crippen molar-refractivity contribution in [2.24, 2.45) is 5.92 Å². The van der Waals surface area contributed by atoms with E-state index < -0.39 is 0 Å². The smallest absolute Gasteiger partial charge is 0.246 e.